The first kappa shape index (κ1) is 16.4. The van der Waals surface area contributed by atoms with Gasteiger partial charge in [-0.1, -0.05) is 0 Å². The zero-order chi connectivity index (χ0) is 16.5. The Morgan fingerprint density at radius 3 is 2.87 bits per heavy atom. The lowest BCUT2D eigenvalue weighted by Crippen LogP contribution is -2.71. The number of carbonyl (C=O) groups is 1. The first-order valence-electron chi connectivity index (χ1n) is 7.63. The van der Waals surface area contributed by atoms with Crippen molar-refractivity contribution >= 4 is 15.7 Å². The van der Waals surface area contributed by atoms with E-state index in [1.165, 1.54) is 0 Å². The van der Waals surface area contributed by atoms with Gasteiger partial charge in [-0.2, -0.15) is 5.10 Å². The second kappa shape index (κ2) is 6.21. The van der Waals surface area contributed by atoms with Crippen molar-refractivity contribution in [2.75, 3.05) is 38.7 Å². The lowest BCUT2D eigenvalue weighted by molar-refractivity contribution is -0.168. The minimum absolute atomic E-state index is 0.0290. The molecule has 1 spiro atoms. The highest BCUT2D eigenvalue weighted by Gasteiger charge is 2.53. The van der Waals surface area contributed by atoms with Crippen molar-refractivity contribution in [2.24, 2.45) is 0 Å². The minimum atomic E-state index is -3.29. The smallest absolute Gasteiger partial charge is 0.248 e. The van der Waals surface area contributed by atoms with Crippen molar-refractivity contribution in [1.82, 2.24) is 14.7 Å². The summed E-state index contributed by atoms with van der Waals surface area (Å²) in [5.74, 6) is -0.179. The quantitative estimate of drug-likeness (QED) is 0.703. The highest BCUT2D eigenvalue weighted by atomic mass is 32.2. The van der Waals surface area contributed by atoms with E-state index in [0.29, 0.717) is 26.2 Å². The summed E-state index contributed by atoms with van der Waals surface area (Å²) < 4.78 is 37.5. The lowest BCUT2D eigenvalue weighted by atomic mass is 9.95. The van der Waals surface area contributed by atoms with E-state index >= 15 is 0 Å². The van der Waals surface area contributed by atoms with Crippen LogP contribution in [0.25, 0.3) is 0 Å². The van der Waals surface area contributed by atoms with E-state index in [-0.39, 0.29) is 24.9 Å². The number of likely N-dealkylation sites (tertiary alicyclic amines) is 1. The summed E-state index contributed by atoms with van der Waals surface area (Å²) in [6, 6.07) is 1.76. The number of amides is 1. The third-order valence-corrected chi connectivity index (χ3v) is 6.47. The molecule has 0 unspecified atom stereocenters. The lowest BCUT2D eigenvalue weighted by Gasteiger charge is -2.52. The van der Waals surface area contributed by atoms with Crippen LogP contribution in [0.3, 0.4) is 0 Å². The van der Waals surface area contributed by atoms with Gasteiger partial charge in [-0.25, -0.2) is 8.42 Å². The standard InChI is InChI=1S/C14H21N3O5S/c1-2-21-8-13(18)16-9-14(10-16)11-23(19,20)12(7-22-14)6-17-5-3-4-15-17/h3-5,12H,2,6-11H2,1H3/t12-/m0/s1. The van der Waals surface area contributed by atoms with Gasteiger partial charge in [0.1, 0.15) is 17.5 Å². The highest BCUT2D eigenvalue weighted by molar-refractivity contribution is 7.92. The molecule has 2 aliphatic heterocycles. The number of carbonyl (C=O) groups excluding carboxylic acids is 1. The van der Waals surface area contributed by atoms with Crippen molar-refractivity contribution in [3.05, 3.63) is 18.5 Å². The second-order valence-corrected chi connectivity index (χ2v) is 8.32. The fraction of sp³-hybridized carbons (Fsp3) is 0.714. The average molecular weight is 343 g/mol. The third kappa shape index (κ3) is 3.41. The molecule has 23 heavy (non-hydrogen) atoms. The Morgan fingerprint density at radius 2 is 2.26 bits per heavy atom. The van der Waals surface area contributed by atoms with Crippen molar-refractivity contribution in [2.45, 2.75) is 24.3 Å². The maximum Gasteiger partial charge on any atom is 0.248 e. The summed E-state index contributed by atoms with van der Waals surface area (Å²) in [7, 11) is -3.29. The number of aromatic nitrogens is 2. The van der Waals surface area contributed by atoms with E-state index in [1.807, 2.05) is 6.92 Å². The largest absolute Gasteiger partial charge is 0.372 e. The third-order valence-electron chi connectivity index (χ3n) is 4.24. The first-order chi connectivity index (χ1) is 10.9. The molecule has 128 valence electrons. The number of rotatable bonds is 5. The van der Waals surface area contributed by atoms with Gasteiger partial charge in [0.05, 0.1) is 32.0 Å². The number of hydrogen-bond donors (Lipinski definition) is 0. The molecule has 0 radical (unpaired) electrons. The summed E-state index contributed by atoms with van der Waals surface area (Å²) in [4.78, 5) is 13.4. The van der Waals surface area contributed by atoms with Gasteiger partial charge in [-0.05, 0) is 13.0 Å². The van der Waals surface area contributed by atoms with E-state index in [0.717, 1.165) is 0 Å². The van der Waals surface area contributed by atoms with E-state index in [4.69, 9.17) is 9.47 Å². The van der Waals surface area contributed by atoms with Gasteiger partial charge in [0.2, 0.25) is 5.91 Å². The number of sulfone groups is 1. The molecular weight excluding hydrogens is 322 g/mol. The number of nitrogens with zero attached hydrogens (tertiary/aromatic N) is 3. The SMILES string of the molecule is CCOCC(=O)N1CC2(C1)CS(=O)(=O)[C@@H](Cn1cccn1)CO2. The molecule has 1 atom stereocenters. The van der Waals surface area contributed by atoms with Crippen molar-refractivity contribution in [3.63, 3.8) is 0 Å². The Hall–Kier alpha value is -1.45. The fourth-order valence-electron chi connectivity index (χ4n) is 2.97. The van der Waals surface area contributed by atoms with Crippen LogP contribution in [0.5, 0.6) is 0 Å². The van der Waals surface area contributed by atoms with Crippen LogP contribution < -0.4 is 0 Å². The van der Waals surface area contributed by atoms with Crippen LogP contribution in [0.1, 0.15) is 6.92 Å². The van der Waals surface area contributed by atoms with Crippen LogP contribution in [-0.4, -0.2) is 78.5 Å². The Morgan fingerprint density at radius 1 is 1.48 bits per heavy atom. The summed E-state index contributed by atoms with van der Waals surface area (Å²) in [6.45, 7) is 3.38. The van der Waals surface area contributed by atoms with Crippen molar-refractivity contribution < 1.29 is 22.7 Å². The molecule has 0 bridgehead atoms. The van der Waals surface area contributed by atoms with Gasteiger partial charge >= 0.3 is 0 Å². The molecule has 1 aromatic rings. The second-order valence-electron chi connectivity index (χ2n) is 6.04. The normalized spacial score (nSPS) is 25.3. The van der Waals surface area contributed by atoms with E-state index in [2.05, 4.69) is 5.10 Å². The number of ether oxygens (including phenoxy) is 2. The van der Waals surface area contributed by atoms with Crippen LogP contribution in [0, 0.1) is 0 Å². The van der Waals surface area contributed by atoms with E-state index in [1.54, 1.807) is 28.0 Å². The van der Waals surface area contributed by atoms with E-state index in [9.17, 15) is 13.2 Å². The monoisotopic (exact) mass is 343 g/mol. The molecule has 0 aliphatic carbocycles. The van der Waals surface area contributed by atoms with Gasteiger partial charge < -0.3 is 14.4 Å². The summed E-state index contributed by atoms with van der Waals surface area (Å²) in [5, 5.41) is 3.44. The maximum atomic E-state index is 12.5. The molecule has 8 nitrogen and oxygen atoms in total. The van der Waals surface area contributed by atoms with Crippen LogP contribution in [0.4, 0.5) is 0 Å². The molecule has 0 saturated carbocycles. The predicted octanol–water partition coefficient (Wildman–Crippen LogP) is -0.686. The van der Waals surface area contributed by atoms with Gasteiger partial charge in [-0.3, -0.25) is 9.48 Å². The minimum Gasteiger partial charge on any atom is -0.372 e. The fourth-order valence-corrected chi connectivity index (χ4v) is 4.86. The van der Waals surface area contributed by atoms with Crippen LogP contribution in [-0.2, 0) is 30.7 Å². The topological polar surface area (TPSA) is 90.7 Å². The Balaban J connectivity index is 1.57. The van der Waals surface area contributed by atoms with Gasteiger partial charge in [0.15, 0.2) is 9.84 Å². The molecule has 1 amide bonds. The molecule has 3 heterocycles. The molecule has 2 fully saturated rings. The number of hydrogen-bond acceptors (Lipinski definition) is 6. The molecule has 1 aromatic heterocycles. The maximum absolute atomic E-state index is 12.5. The molecule has 2 saturated heterocycles. The molecule has 2 aliphatic rings. The Labute approximate surface area is 135 Å². The Kier molecular flexibility index (Phi) is 4.43. The summed E-state index contributed by atoms with van der Waals surface area (Å²) in [6.07, 6.45) is 3.35. The first-order valence-corrected chi connectivity index (χ1v) is 9.34. The van der Waals surface area contributed by atoms with Crippen LogP contribution in [0.2, 0.25) is 0 Å². The highest BCUT2D eigenvalue weighted by Crippen LogP contribution is 2.33. The average Bonchev–Trinajstić information content (AvgIpc) is 2.97. The predicted molar refractivity (Wildman–Crippen MR) is 81.6 cm³/mol. The Bertz CT molecular complexity index is 652. The van der Waals surface area contributed by atoms with Gasteiger partial charge in [0, 0.05) is 19.0 Å². The zero-order valence-electron chi connectivity index (χ0n) is 13.1. The van der Waals surface area contributed by atoms with Crippen molar-refractivity contribution in [3.8, 4) is 0 Å². The summed E-state index contributed by atoms with van der Waals surface area (Å²) in [5.41, 5.74) is -0.749. The van der Waals surface area contributed by atoms with Crippen LogP contribution in [0.15, 0.2) is 18.5 Å². The van der Waals surface area contributed by atoms with Gasteiger partial charge in [-0.15, -0.1) is 0 Å². The van der Waals surface area contributed by atoms with E-state index < -0.39 is 20.7 Å². The van der Waals surface area contributed by atoms with Gasteiger partial charge in [0.25, 0.3) is 0 Å². The summed E-state index contributed by atoms with van der Waals surface area (Å²) >= 11 is 0. The molecule has 0 N–H and O–H groups in total. The zero-order valence-corrected chi connectivity index (χ0v) is 13.9. The van der Waals surface area contributed by atoms with Crippen LogP contribution >= 0.6 is 0 Å². The molecule has 0 aromatic carbocycles. The molecule has 9 heteroatoms. The molecule has 3 rings (SSSR count). The molecular formula is C14H21N3O5S. The van der Waals surface area contributed by atoms with Crippen molar-refractivity contribution in [1.29, 1.82) is 0 Å².